The number of nitrogens with one attached hydrogen (secondary N) is 1. The van der Waals surface area contributed by atoms with Gasteiger partial charge in [0.15, 0.2) is 0 Å². The van der Waals surface area contributed by atoms with Crippen molar-refractivity contribution in [3.63, 3.8) is 0 Å². The number of aliphatic hydroxyl groups is 1. The highest BCUT2D eigenvalue weighted by Crippen LogP contribution is 2.15. The van der Waals surface area contributed by atoms with Crippen LogP contribution >= 0.6 is 11.8 Å². The number of thioether (sulfide) groups is 1. The van der Waals surface area contributed by atoms with Crippen LogP contribution in [0.15, 0.2) is 0 Å². The SMILES string of the molecule is CCNC(CSC(C)C(C)O)C(N)=O. The minimum absolute atomic E-state index is 0.121. The fourth-order valence-electron chi connectivity index (χ4n) is 0.875. The quantitative estimate of drug-likeness (QED) is 0.562. The lowest BCUT2D eigenvalue weighted by atomic mass is 10.3. The lowest BCUT2D eigenvalue weighted by molar-refractivity contribution is -0.119. The second kappa shape index (κ2) is 7.09. The molecule has 3 unspecified atom stereocenters. The monoisotopic (exact) mass is 220 g/mol. The van der Waals surface area contributed by atoms with Gasteiger partial charge in [-0.1, -0.05) is 13.8 Å². The average Bonchev–Trinajstić information content (AvgIpc) is 2.10. The number of amides is 1. The summed E-state index contributed by atoms with van der Waals surface area (Å²) in [4.78, 5) is 11.0. The van der Waals surface area contributed by atoms with E-state index in [1.165, 1.54) is 0 Å². The average molecular weight is 220 g/mol. The molecule has 4 nitrogen and oxygen atoms in total. The zero-order chi connectivity index (χ0) is 11.1. The molecule has 0 aromatic rings. The molecule has 0 spiro atoms. The number of nitrogens with two attached hydrogens (primary N) is 1. The van der Waals surface area contributed by atoms with Gasteiger partial charge in [0, 0.05) is 11.0 Å². The molecule has 3 atom stereocenters. The number of carbonyl (C=O) groups excluding carboxylic acids is 1. The molecule has 0 aromatic heterocycles. The van der Waals surface area contributed by atoms with Gasteiger partial charge in [0.05, 0.1) is 12.1 Å². The molecular formula is C9H20N2O2S. The van der Waals surface area contributed by atoms with Crippen LogP contribution in [-0.4, -0.2) is 40.7 Å². The van der Waals surface area contributed by atoms with E-state index in [4.69, 9.17) is 5.73 Å². The number of hydrogen-bond donors (Lipinski definition) is 3. The normalized spacial score (nSPS) is 17.4. The van der Waals surface area contributed by atoms with Crippen molar-refractivity contribution in [2.24, 2.45) is 5.73 Å². The van der Waals surface area contributed by atoms with Gasteiger partial charge in [-0.15, -0.1) is 0 Å². The molecule has 0 aliphatic rings. The molecule has 0 saturated heterocycles. The first-order chi connectivity index (χ1) is 6.49. The van der Waals surface area contributed by atoms with E-state index >= 15 is 0 Å². The Morgan fingerprint density at radius 1 is 1.57 bits per heavy atom. The van der Waals surface area contributed by atoms with E-state index in [2.05, 4.69) is 5.32 Å². The molecule has 14 heavy (non-hydrogen) atoms. The van der Waals surface area contributed by atoms with Crippen molar-refractivity contribution < 1.29 is 9.90 Å². The second-order valence-corrected chi connectivity index (χ2v) is 4.70. The second-order valence-electron chi connectivity index (χ2n) is 3.29. The van der Waals surface area contributed by atoms with Crippen LogP contribution < -0.4 is 11.1 Å². The topological polar surface area (TPSA) is 75.3 Å². The van der Waals surface area contributed by atoms with Crippen molar-refractivity contribution in [1.82, 2.24) is 5.32 Å². The summed E-state index contributed by atoms with van der Waals surface area (Å²) < 4.78 is 0. The third kappa shape index (κ3) is 5.47. The van der Waals surface area contributed by atoms with Gasteiger partial charge in [0.1, 0.15) is 0 Å². The Bertz CT molecular complexity index is 176. The van der Waals surface area contributed by atoms with E-state index in [-0.39, 0.29) is 23.3 Å². The lowest BCUT2D eigenvalue weighted by Crippen LogP contribution is -2.43. The fourth-order valence-corrected chi connectivity index (χ4v) is 1.93. The molecular weight excluding hydrogens is 200 g/mol. The molecule has 0 saturated carbocycles. The van der Waals surface area contributed by atoms with Crippen LogP contribution in [0.2, 0.25) is 0 Å². The van der Waals surface area contributed by atoms with Crippen LogP contribution in [0.5, 0.6) is 0 Å². The molecule has 0 aliphatic heterocycles. The molecule has 0 fully saturated rings. The molecule has 84 valence electrons. The Morgan fingerprint density at radius 2 is 2.14 bits per heavy atom. The summed E-state index contributed by atoms with van der Waals surface area (Å²) in [5, 5.41) is 12.4. The largest absolute Gasteiger partial charge is 0.392 e. The number of hydrogen-bond acceptors (Lipinski definition) is 4. The minimum atomic E-state index is -0.366. The number of carbonyl (C=O) groups is 1. The fraction of sp³-hybridized carbons (Fsp3) is 0.889. The summed E-state index contributed by atoms with van der Waals surface area (Å²) in [5.41, 5.74) is 5.21. The van der Waals surface area contributed by atoms with Crippen LogP contribution in [0.4, 0.5) is 0 Å². The van der Waals surface area contributed by atoms with Crippen molar-refractivity contribution in [3.05, 3.63) is 0 Å². The van der Waals surface area contributed by atoms with Gasteiger partial charge in [-0.2, -0.15) is 11.8 Å². The van der Waals surface area contributed by atoms with Crippen LogP contribution in [0.25, 0.3) is 0 Å². The van der Waals surface area contributed by atoms with E-state index in [1.54, 1.807) is 18.7 Å². The van der Waals surface area contributed by atoms with Gasteiger partial charge in [-0.05, 0) is 13.5 Å². The first-order valence-corrected chi connectivity index (χ1v) is 5.86. The first-order valence-electron chi connectivity index (χ1n) is 4.81. The lowest BCUT2D eigenvalue weighted by Gasteiger charge is -2.18. The van der Waals surface area contributed by atoms with Crippen LogP contribution in [-0.2, 0) is 4.79 Å². The summed E-state index contributed by atoms with van der Waals surface area (Å²) in [6.45, 7) is 6.32. The molecule has 0 bridgehead atoms. The zero-order valence-corrected chi connectivity index (χ0v) is 9.80. The zero-order valence-electron chi connectivity index (χ0n) is 8.99. The summed E-state index contributed by atoms with van der Waals surface area (Å²) in [6.07, 6.45) is -0.366. The Hall–Kier alpha value is -0.260. The molecule has 0 radical (unpaired) electrons. The van der Waals surface area contributed by atoms with Crippen LogP contribution in [0, 0.1) is 0 Å². The third-order valence-electron chi connectivity index (χ3n) is 2.00. The summed E-state index contributed by atoms with van der Waals surface area (Å²) in [6, 6.07) is -0.300. The summed E-state index contributed by atoms with van der Waals surface area (Å²) in [5.74, 6) is 0.270. The first kappa shape index (κ1) is 13.7. The van der Waals surface area contributed by atoms with Crippen LogP contribution in [0.3, 0.4) is 0 Å². The van der Waals surface area contributed by atoms with Crippen molar-refractivity contribution in [1.29, 1.82) is 0 Å². The van der Waals surface area contributed by atoms with E-state index in [9.17, 15) is 9.90 Å². The van der Waals surface area contributed by atoms with Gasteiger partial charge in [-0.25, -0.2) is 0 Å². The third-order valence-corrected chi connectivity index (χ3v) is 3.44. The Labute approximate surface area is 89.6 Å². The summed E-state index contributed by atoms with van der Waals surface area (Å²) in [7, 11) is 0. The van der Waals surface area contributed by atoms with Gasteiger partial charge in [0.2, 0.25) is 5.91 Å². The highest BCUT2D eigenvalue weighted by molar-refractivity contribution is 8.00. The molecule has 0 aliphatic carbocycles. The van der Waals surface area contributed by atoms with Gasteiger partial charge in [-0.3, -0.25) is 4.79 Å². The Kier molecular flexibility index (Phi) is 6.96. The predicted octanol–water partition coefficient (Wildman–Crippen LogP) is -0.0477. The highest BCUT2D eigenvalue weighted by atomic mass is 32.2. The van der Waals surface area contributed by atoms with E-state index in [0.29, 0.717) is 5.75 Å². The van der Waals surface area contributed by atoms with Gasteiger partial charge < -0.3 is 16.2 Å². The summed E-state index contributed by atoms with van der Waals surface area (Å²) >= 11 is 1.55. The molecule has 0 rings (SSSR count). The Balaban J connectivity index is 3.87. The number of likely N-dealkylation sites (N-methyl/N-ethyl adjacent to an activating group) is 1. The van der Waals surface area contributed by atoms with E-state index in [0.717, 1.165) is 6.54 Å². The molecule has 0 aromatic carbocycles. The standard InChI is InChI=1S/C9H20N2O2S/c1-4-11-8(9(10)13)5-14-7(3)6(2)12/h6-8,11-12H,4-5H2,1-3H3,(H2,10,13). The van der Waals surface area contributed by atoms with Crippen molar-refractivity contribution in [2.45, 2.75) is 38.2 Å². The highest BCUT2D eigenvalue weighted by Gasteiger charge is 2.17. The maximum absolute atomic E-state index is 11.0. The maximum atomic E-state index is 11.0. The molecule has 5 heteroatoms. The van der Waals surface area contributed by atoms with E-state index in [1.807, 2.05) is 13.8 Å². The van der Waals surface area contributed by atoms with Crippen molar-refractivity contribution >= 4 is 17.7 Å². The van der Waals surface area contributed by atoms with Crippen LogP contribution in [0.1, 0.15) is 20.8 Å². The number of rotatable bonds is 7. The minimum Gasteiger partial charge on any atom is -0.392 e. The number of aliphatic hydroxyl groups excluding tert-OH is 1. The van der Waals surface area contributed by atoms with Crippen molar-refractivity contribution in [3.8, 4) is 0 Å². The Morgan fingerprint density at radius 3 is 2.50 bits per heavy atom. The predicted molar refractivity (Wildman–Crippen MR) is 60.3 cm³/mol. The van der Waals surface area contributed by atoms with Gasteiger partial charge >= 0.3 is 0 Å². The smallest absolute Gasteiger partial charge is 0.235 e. The van der Waals surface area contributed by atoms with Gasteiger partial charge in [0.25, 0.3) is 0 Å². The number of primary amides is 1. The molecule has 4 N–H and O–H groups in total. The van der Waals surface area contributed by atoms with Crippen molar-refractivity contribution in [2.75, 3.05) is 12.3 Å². The molecule has 0 heterocycles. The van der Waals surface area contributed by atoms with E-state index < -0.39 is 0 Å². The molecule has 1 amide bonds. The maximum Gasteiger partial charge on any atom is 0.235 e.